The van der Waals surface area contributed by atoms with Gasteiger partial charge >= 0.3 is 0 Å². The first-order valence-corrected chi connectivity index (χ1v) is 12.5. The van der Waals surface area contributed by atoms with Gasteiger partial charge in [-0.15, -0.1) is 0 Å². The monoisotopic (exact) mass is 479 g/mol. The Morgan fingerprint density at radius 3 is 2.09 bits per heavy atom. The SMILES string of the molecule is O=S(=O)(Nc1nc2ccccc2nc1N1CCN(c2cccc(Cl)c2)CC1)c1ccccc1. The van der Waals surface area contributed by atoms with E-state index in [0.29, 0.717) is 35.0 Å². The average molecular weight is 480 g/mol. The zero-order chi connectivity index (χ0) is 22.8. The highest BCUT2D eigenvalue weighted by Gasteiger charge is 2.25. The minimum atomic E-state index is -3.81. The smallest absolute Gasteiger partial charge is 0.263 e. The maximum absolute atomic E-state index is 13.0. The van der Waals surface area contributed by atoms with E-state index in [1.165, 1.54) is 0 Å². The zero-order valence-corrected chi connectivity index (χ0v) is 19.3. The molecule has 1 saturated heterocycles. The predicted octanol–water partition coefficient (Wildman–Crippen LogP) is 4.41. The van der Waals surface area contributed by atoms with E-state index in [1.807, 2.05) is 48.5 Å². The Bertz CT molecular complexity index is 1390. The molecule has 3 aromatic carbocycles. The second-order valence-corrected chi connectivity index (χ2v) is 9.88. The molecule has 0 spiro atoms. The molecule has 0 unspecified atom stereocenters. The molecule has 0 aliphatic carbocycles. The lowest BCUT2D eigenvalue weighted by atomic mass is 10.2. The molecular weight excluding hydrogens is 458 g/mol. The Balaban J connectivity index is 1.46. The molecule has 1 aliphatic rings. The highest BCUT2D eigenvalue weighted by molar-refractivity contribution is 7.92. The summed E-state index contributed by atoms with van der Waals surface area (Å²) in [5, 5.41) is 0.702. The molecule has 1 aliphatic heterocycles. The van der Waals surface area contributed by atoms with Crippen LogP contribution in [0.25, 0.3) is 11.0 Å². The summed E-state index contributed by atoms with van der Waals surface area (Å²) in [6.07, 6.45) is 0. The van der Waals surface area contributed by atoms with E-state index in [1.54, 1.807) is 30.3 Å². The third-order valence-corrected chi connectivity index (χ3v) is 7.18. The number of piperazine rings is 1. The van der Waals surface area contributed by atoms with E-state index in [0.717, 1.165) is 18.8 Å². The maximum atomic E-state index is 13.0. The zero-order valence-electron chi connectivity index (χ0n) is 17.7. The van der Waals surface area contributed by atoms with Crippen LogP contribution in [-0.4, -0.2) is 44.6 Å². The quantitative estimate of drug-likeness (QED) is 0.457. The van der Waals surface area contributed by atoms with E-state index in [2.05, 4.69) is 19.5 Å². The van der Waals surface area contributed by atoms with Crippen molar-refractivity contribution < 1.29 is 8.42 Å². The fourth-order valence-corrected chi connectivity index (χ4v) is 5.12. The van der Waals surface area contributed by atoms with Crippen LogP contribution in [0.2, 0.25) is 5.02 Å². The lowest BCUT2D eigenvalue weighted by Gasteiger charge is -2.37. The van der Waals surface area contributed by atoms with E-state index >= 15 is 0 Å². The number of halogens is 1. The second-order valence-electron chi connectivity index (χ2n) is 7.76. The van der Waals surface area contributed by atoms with Crippen molar-refractivity contribution in [1.29, 1.82) is 0 Å². The summed E-state index contributed by atoms with van der Waals surface area (Å²) in [4.78, 5) is 13.9. The summed E-state index contributed by atoms with van der Waals surface area (Å²) in [5.41, 5.74) is 2.41. The fourth-order valence-electron chi connectivity index (χ4n) is 3.91. The Labute approximate surface area is 197 Å². The van der Waals surface area contributed by atoms with Crippen LogP contribution in [0, 0.1) is 0 Å². The number of hydrogen-bond acceptors (Lipinski definition) is 6. The molecule has 0 bridgehead atoms. The largest absolute Gasteiger partial charge is 0.368 e. The number of sulfonamides is 1. The van der Waals surface area contributed by atoms with Crippen LogP contribution in [0.5, 0.6) is 0 Å². The molecule has 1 aromatic heterocycles. The number of fused-ring (bicyclic) bond motifs is 1. The van der Waals surface area contributed by atoms with Crippen LogP contribution in [0.3, 0.4) is 0 Å². The van der Waals surface area contributed by atoms with E-state index in [9.17, 15) is 8.42 Å². The topological polar surface area (TPSA) is 78.4 Å². The predicted molar refractivity (Wildman–Crippen MR) is 133 cm³/mol. The molecule has 2 heterocycles. The van der Waals surface area contributed by atoms with Crippen LogP contribution in [0.1, 0.15) is 0 Å². The summed E-state index contributed by atoms with van der Waals surface area (Å²) in [6.45, 7) is 2.83. The van der Waals surface area contributed by atoms with Crippen LogP contribution in [-0.2, 0) is 10.0 Å². The van der Waals surface area contributed by atoms with Crippen molar-refractivity contribution in [2.45, 2.75) is 4.90 Å². The molecule has 0 atom stereocenters. The van der Waals surface area contributed by atoms with Gasteiger partial charge in [0.25, 0.3) is 10.0 Å². The van der Waals surface area contributed by atoms with Crippen molar-refractivity contribution in [2.75, 3.05) is 40.7 Å². The Kier molecular flexibility index (Phi) is 5.78. The van der Waals surface area contributed by atoms with Gasteiger partial charge in [-0.2, -0.15) is 0 Å². The minimum absolute atomic E-state index is 0.177. The normalized spacial score (nSPS) is 14.5. The first kappa shape index (κ1) is 21.5. The average Bonchev–Trinajstić information content (AvgIpc) is 2.84. The van der Waals surface area contributed by atoms with Gasteiger partial charge in [-0.1, -0.05) is 48.0 Å². The summed E-state index contributed by atoms with van der Waals surface area (Å²) < 4.78 is 28.7. The van der Waals surface area contributed by atoms with Crippen molar-refractivity contribution >= 4 is 50.0 Å². The summed E-state index contributed by atoms with van der Waals surface area (Å²) in [7, 11) is -3.81. The van der Waals surface area contributed by atoms with Crippen molar-refractivity contribution in [3.63, 3.8) is 0 Å². The number of benzene rings is 3. The number of anilines is 3. The highest BCUT2D eigenvalue weighted by Crippen LogP contribution is 2.29. The molecule has 1 fully saturated rings. The third kappa shape index (κ3) is 4.58. The van der Waals surface area contributed by atoms with Gasteiger partial charge in [0, 0.05) is 36.9 Å². The number of aromatic nitrogens is 2. The van der Waals surface area contributed by atoms with Gasteiger partial charge in [0.15, 0.2) is 11.6 Å². The molecule has 0 amide bonds. The van der Waals surface area contributed by atoms with E-state index in [4.69, 9.17) is 16.6 Å². The second kappa shape index (κ2) is 8.88. The van der Waals surface area contributed by atoms with Crippen molar-refractivity contribution in [2.24, 2.45) is 0 Å². The number of nitrogens with one attached hydrogen (secondary N) is 1. The van der Waals surface area contributed by atoms with Gasteiger partial charge in [0.2, 0.25) is 0 Å². The number of rotatable bonds is 5. The van der Waals surface area contributed by atoms with Crippen LogP contribution in [0.4, 0.5) is 17.3 Å². The lowest BCUT2D eigenvalue weighted by Crippen LogP contribution is -2.47. The minimum Gasteiger partial charge on any atom is -0.368 e. The van der Waals surface area contributed by atoms with Gasteiger partial charge in [-0.05, 0) is 42.5 Å². The van der Waals surface area contributed by atoms with Crippen LogP contribution >= 0.6 is 11.6 Å². The number of hydrogen-bond donors (Lipinski definition) is 1. The standard InChI is InChI=1S/C24H22ClN5O2S/c25-18-7-6-8-19(17-18)29-13-15-30(16-14-29)24-23(26-21-11-4-5-12-22(21)27-24)28-33(31,32)20-9-2-1-3-10-20/h1-12,17H,13-16H2,(H,26,28). The lowest BCUT2D eigenvalue weighted by molar-refractivity contribution is 0.601. The molecule has 9 heteroatoms. The van der Waals surface area contributed by atoms with Gasteiger partial charge in [-0.3, -0.25) is 4.72 Å². The van der Waals surface area contributed by atoms with Crippen molar-refractivity contribution in [3.8, 4) is 0 Å². The van der Waals surface area contributed by atoms with Gasteiger partial charge in [0.1, 0.15) is 0 Å². The van der Waals surface area contributed by atoms with Crippen LogP contribution < -0.4 is 14.5 Å². The molecule has 0 radical (unpaired) electrons. The van der Waals surface area contributed by atoms with E-state index in [-0.39, 0.29) is 10.7 Å². The molecule has 4 aromatic rings. The molecule has 168 valence electrons. The van der Waals surface area contributed by atoms with Gasteiger partial charge < -0.3 is 9.80 Å². The van der Waals surface area contributed by atoms with Crippen LogP contribution in [0.15, 0.2) is 83.8 Å². The van der Waals surface area contributed by atoms with Crippen molar-refractivity contribution in [1.82, 2.24) is 9.97 Å². The fraction of sp³-hybridized carbons (Fsp3) is 0.167. The first-order valence-electron chi connectivity index (χ1n) is 10.6. The van der Waals surface area contributed by atoms with Gasteiger partial charge in [0.05, 0.1) is 15.9 Å². The Morgan fingerprint density at radius 1 is 0.758 bits per heavy atom. The highest BCUT2D eigenvalue weighted by atomic mass is 35.5. The Morgan fingerprint density at radius 2 is 1.39 bits per heavy atom. The molecule has 7 nitrogen and oxygen atoms in total. The maximum Gasteiger partial charge on any atom is 0.263 e. The Hall–Kier alpha value is -3.36. The third-order valence-electron chi connectivity index (χ3n) is 5.59. The molecule has 0 saturated carbocycles. The van der Waals surface area contributed by atoms with Crippen molar-refractivity contribution in [3.05, 3.63) is 83.9 Å². The first-order chi connectivity index (χ1) is 16.0. The van der Waals surface area contributed by atoms with Gasteiger partial charge in [-0.25, -0.2) is 18.4 Å². The molecule has 1 N–H and O–H groups in total. The number of para-hydroxylation sites is 2. The summed E-state index contributed by atoms with van der Waals surface area (Å²) in [5.74, 6) is 0.757. The van der Waals surface area contributed by atoms with E-state index < -0.39 is 10.0 Å². The summed E-state index contributed by atoms with van der Waals surface area (Å²) >= 11 is 6.16. The number of nitrogens with zero attached hydrogens (tertiary/aromatic N) is 4. The molecular formula is C24H22ClN5O2S. The molecule has 5 rings (SSSR count). The molecule has 33 heavy (non-hydrogen) atoms. The summed E-state index contributed by atoms with van der Waals surface area (Å²) in [6, 6.07) is 23.5.